The predicted molar refractivity (Wildman–Crippen MR) is 242 cm³/mol. The third kappa shape index (κ3) is 9.00. The zero-order chi connectivity index (χ0) is 44.8. The molecule has 3 fully saturated rings. The van der Waals surface area contributed by atoms with Crippen LogP contribution in [-0.4, -0.2) is 117 Å². The van der Waals surface area contributed by atoms with Gasteiger partial charge in [0.05, 0.1) is 52.9 Å². The first-order valence-corrected chi connectivity index (χ1v) is 22.9. The smallest absolute Gasteiger partial charge is 0.259 e. The number of methoxy groups -OCH3 is 2. The van der Waals surface area contributed by atoms with E-state index in [1.807, 2.05) is 89.8 Å². The molecule has 8 rings (SSSR count). The number of rotatable bonds is 19. The van der Waals surface area contributed by atoms with Crippen LogP contribution in [0.15, 0.2) is 114 Å². The van der Waals surface area contributed by atoms with Crippen molar-refractivity contribution < 1.29 is 37.5 Å². The van der Waals surface area contributed by atoms with Crippen molar-refractivity contribution in [1.29, 1.82) is 5.26 Å². The molecule has 0 radical (unpaired) electrons. The molecule has 4 heterocycles. The molecule has 2 bridgehead atoms. The van der Waals surface area contributed by atoms with E-state index in [0.717, 1.165) is 16.7 Å². The van der Waals surface area contributed by atoms with E-state index in [-0.39, 0.29) is 50.4 Å². The Morgan fingerprint density at radius 2 is 1.53 bits per heavy atom. The Bertz CT molecular complexity index is 2180. The van der Waals surface area contributed by atoms with Gasteiger partial charge in [-0.3, -0.25) is 20.4 Å². The largest absolute Gasteiger partial charge is 0.497 e. The highest BCUT2D eigenvalue weighted by Gasteiger charge is 2.67. The lowest BCUT2D eigenvalue weighted by Crippen LogP contribution is -2.69. The normalized spacial score (nSPS) is 25.4. The Labute approximate surface area is 376 Å². The number of nitrogens with one attached hydrogen (secondary N) is 3. The number of nitriles is 1. The van der Waals surface area contributed by atoms with E-state index < -0.39 is 50.4 Å². The Kier molecular flexibility index (Phi) is 14.3. The van der Waals surface area contributed by atoms with E-state index in [4.69, 9.17) is 37.7 Å². The number of ether oxygens (including phenoxy) is 5. The maximum absolute atomic E-state index is 13.3. The maximum Gasteiger partial charge on any atom is 0.259 e. The summed E-state index contributed by atoms with van der Waals surface area (Å²) in [5.74, 6) is 1.23. The molecule has 1 amide bonds. The van der Waals surface area contributed by atoms with Gasteiger partial charge >= 0.3 is 0 Å². The summed E-state index contributed by atoms with van der Waals surface area (Å²) in [6, 6.07) is 37.0. The minimum absolute atomic E-state index is 0.0339. The van der Waals surface area contributed by atoms with Crippen molar-refractivity contribution in [3.63, 3.8) is 0 Å². The van der Waals surface area contributed by atoms with E-state index >= 15 is 0 Å². The van der Waals surface area contributed by atoms with Gasteiger partial charge in [-0.1, -0.05) is 72.8 Å². The number of hydrogen-bond donors (Lipinski definition) is 3. The van der Waals surface area contributed by atoms with Crippen LogP contribution in [0.2, 0.25) is 0 Å². The molecule has 4 aliphatic rings. The monoisotopic (exact) mass is 891 g/mol. The van der Waals surface area contributed by atoms with E-state index in [1.165, 1.54) is 0 Å². The SMILES string of the molecule is COc1ccc(C(OC[C@@]23CO[C@@H]([C@H](N4C=NC5C(NC(=O)c6ccccc6)NCNC54)O2)[C@@H]3OP(OCCC#N)N(C(C)C)C(C)C)(c2ccccc2)c2ccc(OC)cc2)cc1. The third-order valence-corrected chi connectivity index (χ3v) is 14.3. The zero-order valence-electron chi connectivity index (χ0n) is 37.1. The van der Waals surface area contributed by atoms with Crippen LogP contribution in [0.1, 0.15) is 61.2 Å². The molecule has 3 N–H and O–H groups in total. The van der Waals surface area contributed by atoms with Gasteiger partial charge in [-0.25, -0.2) is 4.67 Å². The lowest BCUT2D eigenvalue weighted by Gasteiger charge is -2.43. The molecule has 4 aromatic rings. The number of fused-ring (bicyclic) bond motifs is 3. The summed E-state index contributed by atoms with van der Waals surface area (Å²) in [4.78, 5) is 20.3. The van der Waals surface area contributed by atoms with Crippen LogP contribution in [0.3, 0.4) is 0 Å². The minimum Gasteiger partial charge on any atom is -0.497 e. The van der Waals surface area contributed by atoms with Crippen molar-refractivity contribution in [3.8, 4) is 17.6 Å². The average Bonchev–Trinajstić information content (AvgIpc) is 4.00. The molecule has 0 spiro atoms. The molecular formula is C48H58N7O8P. The molecule has 338 valence electrons. The van der Waals surface area contributed by atoms with Gasteiger partial charge in [0.25, 0.3) is 14.4 Å². The van der Waals surface area contributed by atoms with Crippen molar-refractivity contribution in [1.82, 2.24) is 25.5 Å². The highest BCUT2D eigenvalue weighted by molar-refractivity contribution is 7.44. The Balaban J connectivity index is 1.17. The van der Waals surface area contributed by atoms with Gasteiger partial charge in [0, 0.05) is 24.3 Å². The third-order valence-electron chi connectivity index (χ3n) is 12.2. The van der Waals surface area contributed by atoms with Gasteiger partial charge in [-0.15, -0.1) is 0 Å². The number of aliphatic imine (C=N–C) groups is 1. The van der Waals surface area contributed by atoms with E-state index in [9.17, 15) is 10.1 Å². The van der Waals surface area contributed by atoms with E-state index in [0.29, 0.717) is 23.7 Å². The molecule has 4 unspecified atom stereocenters. The molecule has 16 heteroatoms. The van der Waals surface area contributed by atoms with Gasteiger partial charge in [-0.2, -0.15) is 5.26 Å². The Hall–Kier alpha value is -4.98. The molecule has 4 aliphatic heterocycles. The van der Waals surface area contributed by atoms with Gasteiger partial charge in [0.15, 0.2) is 6.23 Å². The fraction of sp³-hybridized carbons (Fsp3) is 0.438. The topological polar surface area (TPSA) is 160 Å². The van der Waals surface area contributed by atoms with Crippen LogP contribution in [-0.2, 0) is 28.9 Å². The van der Waals surface area contributed by atoms with E-state index in [2.05, 4.69) is 66.5 Å². The number of nitrogens with zero attached hydrogens (tertiary/aromatic N) is 4. The van der Waals surface area contributed by atoms with Gasteiger partial charge < -0.3 is 42.9 Å². The van der Waals surface area contributed by atoms with Crippen LogP contribution in [0, 0.1) is 11.3 Å². The number of carbonyl (C=O) groups is 1. The predicted octanol–water partition coefficient (Wildman–Crippen LogP) is 6.11. The highest BCUT2D eigenvalue weighted by atomic mass is 31.2. The minimum atomic E-state index is -1.72. The van der Waals surface area contributed by atoms with Crippen LogP contribution in [0.4, 0.5) is 0 Å². The van der Waals surface area contributed by atoms with Crippen LogP contribution in [0.25, 0.3) is 0 Å². The van der Waals surface area contributed by atoms with Crippen molar-refractivity contribution in [2.45, 2.75) is 94.2 Å². The first-order valence-electron chi connectivity index (χ1n) is 21.8. The van der Waals surface area contributed by atoms with Crippen molar-refractivity contribution in [3.05, 3.63) is 131 Å². The van der Waals surface area contributed by atoms with Crippen LogP contribution < -0.4 is 25.4 Å². The lowest BCUT2D eigenvalue weighted by molar-refractivity contribution is -0.213. The summed E-state index contributed by atoms with van der Waals surface area (Å²) in [5, 5.41) is 19.6. The number of hydrogen-bond acceptors (Lipinski definition) is 14. The van der Waals surface area contributed by atoms with Gasteiger partial charge in [0.1, 0.15) is 53.3 Å². The van der Waals surface area contributed by atoms with Crippen LogP contribution >= 0.6 is 8.53 Å². The first kappa shape index (κ1) is 45.6. The number of carbonyl (C=O) groups excluding carboxylic acids is 1. The fourth-order valence-corrected chi connectivity index (χ4v) is 10.9. The summed E-state index contributed by atoms with van der Waals surface area (Å²) in [5.41, 5.74) is 0.879. The second kappa shape index (κ2) is 20.0. The molecule has 0 aliphatic carbocycles. The summed E-state index contributed by atoms with van der Waals surface area (Å²) in [6.07, 6.45) is -0.796. The first-order chi connectivity index (χ1) is 31.1. The number of amides is 1. The maximum atomic E-state index is 13.3. The summed E-state index contributed by atoms with van der Waals surface area (Å²) >= 11 is 0. The molecule has 0 aromatic heterocycles. The zero-order valence-corrected chi connectivity index (χ0v) is 38.0. The van der Waals surface area contributed by atoms with Crippen molar-refractivity contribution >= 4 is 20.8 Å². The second-order valence-corrected chi connectivity index (χ2v) is 18.2. The van der Waals surface area contributed by atoms with Crippen molar-refractivity contribution in [2.75, 3.05) is 40.7 Å². The molecule has 64 heavy (non-hydrogen) atoms. The molecule has 8 atom stereocenters. The molecule has 3 saturated heterocycles. The summed E-state index contributed by atoms with van der Waals surface area (Å²) in [7, 11) is 1.57. The van der Waals surface area contributed by atoms with Gasteiger partial charge in [-0.05, 0) is 80.8 Å². The lowest BCUT2D eigenvalue weighted by atomic mass is 9.79. The molecule has 4 aromatic carbocycles. The Morgan fingerprint density at radius 1 is 0.922 bits per heavy atom. The second-order valence-electron chi connectivity index (χ2n) is 16.8. The standard InChI is InChI=1S/C48H58N7O8P/c1-32(2)55(33(3)4)64(61-27-13-26-49)63-42-41-46(54-31-52-40-43(50-30-51-44(40)54)53-45(56)34-14-9-7-10-15-34)62-47(42,28-59-41)29-60-48(35-16-11-8-12-17-35,36-18-22-38(57-5)23-19-36)37-20-24-39(58-6)25-21-37/h7-12,14-25,31-33,40-44,46,50-51H,13,27-30H2,1-6H3,(H,53,56)/t40?,41-,42+,43?,44?,46-,47-,64?/m1/s1. The summed E-state index contributed by atoms with van der Waals surface area (Å²) in [6.45, 7) is 9.25. The average molecular weight is 892 g/mol. The Morgan fingerprint density at radius 3 is 2.12 bits per heavy atom. The van der Waals surface area contributed by atoms with Gasteiger partial charge in [0.2, 0.25) is 0 Å². The highest BCUT2D eigenvalue weighted by Crippen LogP contribution is 2.55. The van der Waals surface area contributed by atoms with Crippen LogP contribution in [0.5, 0.6) is 11.5 Å². The summed E-state index contributed by atoms with van der Waals surface area (Å²) < 4.78 is 48.8. The fourth-order valence-electron chi connectivity index (χ4n) is 9.13. The quantitative estimate of drug-likeness (QED) is 0.0563. The number of benzene rings is 4. The van der Waals surface area contributed by atoms with E-state index in [1.54, 1.807) is 32.7 Å². The molecule has 15 nitrogen and oxygen atoms in total. The van der Waals surface area contributed by atoms with Crippen molar-refractivity contribution in [2.24, 2.45) is 4.99 Å². The molecule has 0 saturated carbocycles. The molecular weight excluding hydrogens is 834 g/mol.